The van der Waals surface area contributed by atoms with Crippen molar-refractivity contribution in [1.29, 1.82) is 0 Å². The summed E-state index contributed by atoms with van der Waals surface area (Å²) < 4.78 is 52.1. The Morgan fingerprint density at radius 2 is 0.737 bits per heavy atom. The standard InChI is InChI=1S/C22H33N5O2.C21H31N5O.C16H20FN3O2.C16H21N3O2/c1-16(2)25-11-13-26(14-12-25)19-7-9-27(10-8-19)22-23-21(29-24-22)18-6-5-17(3)20(15-18)28-4;1-16(2)24-12-14-25(15-13-24)19-8-10-26(11-9-19)21-22-20(27-23-21)18-6-4-17(3)5-7-18;1-10(2)16(17)8-20(9-16)15-18-14(22-19-15)12-6-5-11(3)13(7-12)21-4;1-10(2)13-8-19(9-13)16-17-15(21-18-16)12-6-5-11(3)14(7-12)20-4/h5-6,15-16,19H,7-14H2,1-4H3;4-7,16,19H,8-15H2,1-3H3;5-7,10H,8-9H2,1-4H3;5-7,10,13H,8-9H2,1-4H3. The van der Waals surface area contributed by atoms with E-state index in [0.717, 1.165) is 120 Å². The third-order valence-electron chi connectivity index (χ3n) is 21.0. The number of benzene rings is 4. The zero-order chi connectivity index (χ0) is 70.1. The van der Waals surface area contributed by atoms with E-state index in [0.29, 0.717) is 84.6 Å². The van der Waals surface area contributed by atoms with E-state index in [1.165, 1.54) is 70.8 Å². The van der Waals surface area contributed by atoms with Crippen LogP contribution in [0.4, 0.5) is 28.2 Å². The van der Waals surface area contributed by atoms with Gasteiger partial charge in [-0.2, -0.15) is 19.9 Å². The van der Waals surface area contributed by atoms with Crippen LogP contribution >= 0.6 is 0 Å². The molecule has 6 aliphatic heterocycles. The number of hydrogen-bond acceptors (Lipinski definition) is 23. The molecule has 0 spiro atoms. The average Bonchev–Trinajstić information content (AvgIpc) is 1.72. The molecule has 534 valence electrons. The summed E-state index contributed by atoms with van der Waals surface area (Å²) in [5, 5.41) is 16.5. The van der Waals surface area contributed by atoms with E-state index in [1.54, 1.807) is 26.2 Å². The van der Waals surface area contributed by atoms with Crippen molar-refractivity contribution in [1.82, 2.24) is 60.2 Å². The maximum absolute atomic E-state index is 14.3. The van der Waals surface area contributed by atoms with Gasteiger partial charge in [0.2, 0.25) is 0 Å². The highest BCUT2D eigenvalue weighted by Gasteiger charge is 2.48. The number of alkyl halides is 1. The van der Waals surface area contributed by atoms with Crippen LogP contribution in [0, 0.1) is 45.4 Å². The van der Waals surface area contributed by atoms with Crippen LogP contribution in [0.1, 0.15) is 103 Å². The summed E-state index contributed by atoms with van der Waals surface area (Å²) in [5.74, 6) is 8.49. The molecule has 6 saturated heterocycles. The summed E-state index contributed by atoms with van der Waals surface area (Å²) in [7, 11) is 4.97. The van der Waals surface area contributed by atoms with E-state index < -0.39 is 5.67 Å². The van der Waals surface area contributed by atoms with Crippen molar-refractivity contribution in [2.45, 2.75) is 139 Å². The SMILES string of the molecule is COc1cc(-c2nc(N3CC(C(C)C)C3)no2)ccc1C.COc1cc(-c2nc(N3CC(F)(C(C)C)C3)no2)ccc1C.COc1cc(-c2nc(N3CCC(N4CCN(C(C)C)CC4)CC3)no2)ccc1C.Cc1ccc(-c2nc(N3CCC(N4CCN(C(C)C)CC4)CC3)no2)cc1. The van der Waals surface area contributed by atoms with Gasteiger partial charge in [-0.05, 0) is 185 Å². The van der Waals surface area contributed by atoms with Crippen LogP contribution in [0.15, 0.2) is 97.0 Å². The monoisotopic (exact) mass is 1360 g/mol. The van der Waals surface area contributed by atoms with Crippen molar-refractivity contribution in [3.63, 3.8) is 0 Å². The van der Waals surface area contributed by atoms with Gasteiger partial charge in [0.05, 0.1) is 34.4 Å². The van der Waals surface area contributed by atoms with Gasteiger partial charge in [0, 0.05) is 138 Å². The van der Waals surface area contributed by atoms with E-state index in [-0.39, 0.29) is 5.92 Å². The molecule has 0 bridgehead atoms. The number of methoxy groups -OCH3 is 3. The second kappa shape index (κ2) is 32.4. The highest BCUT2D eigenvalue weighted by Crippen LogP contribution is 2.37. The zero-order valence-electron chi connectivity index (χ0n) is 61.1. The Morgan fingerprint density at radius 3 is 1.06 bits per heavy atom. The molecular formula is C75H105FN16O7. The van der Waals surface area contributed by atoms with Gasteiger partial charge in [-0.25, -0.2) is 4.39 Å². The molecule has 4 aromatic heterocycles. The lowest BCUT2D eigenvalue weighted by molar-refractivity contribution is 0.0638. The third kappa shape index (κ3) is 17.5. The molecule has 0 aliphatic carbocycles. The quantitative estimate of drug-likeness (QED) is 0.0830. The molecule has 23 nitrogen and oxygen atoms in total. The fourth-order valence-electron chi connectivity index (χ4n) is 13.7. The molecule has 0 amide bonds. The molecule has 4 aromatic carbocycles. The van der Waals surface area contributed by atoms with Crippen LogP contribution in [-0.4, -0.2) is 216 Å². The first kappa shape index (κ1) is 72.1. The Balaban J connectivity index is 0.000000134. The zero-order valence-corrected chi connectivity index (χ0v) is 61.1. The largest absolute Gasteiger partial charge is 0.496 e. The van der Waals surface area contributed by atoms with Gasteiger partial charge < -0.3 is 51.9 Å². The predicted molar refractivity (Wildman–Crippen MR) is 386 cm³/mol. The molecule has 8 aromatic rings. The van der Waals surface area contributed by atoms with Crippen LogP contribution < -0.4 is 33.8 Å². The van der Waals surface area contributed by atoms with Crippen LogP contribution in [0.5, 0.6) is 17.2 Å². The van der Waals surface area contributed by atoms with Crippen molar-refractivity contribution in [2.75, 3.05) is 146 Å². The van der Waals surface area contributed by atoms with Gasteiger partial charge in [0.15, 0.2) is 0 Å². The number of aryl methyl sites for hydroxylation is 4. The van der Waals surface area contributed by atoms with Gasteiger partial charge in [-0.1, -0.05) is 63.6 Å². The van der Waals surface area contributed by atoms with Crippen molar-refractivity contribution < 1.29 is 36.7 Å². The minimum absolute atomic E-state index is 0.0171. The Morgan fingerprint density at radius 1 is 0.414 bits per heavy atom. The number of ether oxygens (including phenoxy) is 3. The first-order chi connectivity index (χ1) is 47.6. The summed E-state index contributed by atoms with van der Waals surface area (Å²) in [4.78, 5) is 37.1. The topological polar surface area (TPSA) is 209 Å². The molecule has 99 heavy (non-hydrogen) atoms. The molecule has 0 atom stereocenters. The Bertz CT molecular complexity index is 3830. The highest BCUT2D eigenvalue weighted by molar-refractivity contribution is 5.62. The fourth-order valence-corrected chi connectivity index (χ4v) is 13.7. The van der Waals surface area contributed by atoms with E-state index in [9.17, 15) is 4.39 Å². The Labute approximate surface area is 584 Å². The third-order valence-corrected chi connectivity index (χ3v) is 21.0. The molecule has 0 unspecified atom stereocenters. The molecule has 6 fully saturated rings. The molecule has 0 radical (unpaired) electrons. The van der Waals surface area contributed by atoms with Gasteiger partial charge >= 0.3 is 0 Å². The molecule has 24 heteroatoms. The minimum atomic E-state index is -1.16. The van der Waals surface area contributed by atoms with Gasteiger partial charge in [0.25, 0.3) is 47.4 Å². The van der Waals surface area contributed by atoms with Gasteiger partial charge in [-0.15, -0.1) is 0 Å². The number of piperidine rings is 2. The van der Waals surface area contributed by atoms with Crippen LogP contribution in [-0.2, 0) is 0 Å². The summed E-state index contributed by atoms with van der Waals surface area (Å²) in [6, 6.07) is 28.5. The highest BCUT2D eigenvalue weighted by atomic mass is 19.1. The van der Waals surface area contributed by atoms with Crippen molar-refractivity contribution in [2.24, 2.45) is 17.8 Å². The van der Waals surface area contributed by atoms with Crippen molar-refractivity contribution in [3.05, 3.63) is 101 Å². The summed E-state index contributed by atoms with van der Waals surface area (Å²) >= 11 is 0. The normalized spacial score (nSPS) is 18.4. The number of rotatable bonds is 17. The lowest BCUT2D eigenvalue weighted by atomic mass is 9.85. The second-order valence-corrected chi connectivity index (χ2v) is 28.7. The fraction of sp³-hybridized carbons (Fsp3) is 0.573. The molecule has 6 aliphatic rings. The lowest BCUT2D eigenvalue weighted by Crippen LogP contribution is -2.62. The van der Waals surface area contributed by atoms with E-state index in [4.69, 9.17) is 32.3 Å². The van der Waals surface area contributed by atoms with Crippen molar-refractivity contribution in [3.8, 4) is 63.1 Å². The van der Waals surface area contributed by atoms with E-state index in [1.807, 2.05) is 101 Å². The summed E-state index contributed by atoms with van der Waals surface area (Å²) in [6.07, 6.45) is 4.67. The number of aromatic nitrogens is 8. The molecule has 10 heterocycles. The maximum atomic E-state index is 14.3. The minimum Gasteiger partial charge on any atom is -0.496 e. The van der Waals surface area contributed by atoms with Crippen LogP contribution in [0.25, 0.3) is 45.8 Å². The first-order valence-corrected chi connectivity index (χ1v) is 35.7. The number of halogens is 1. The van der Waals surface area contributed by atoms with Gasteiger partial charge in [-0.3, -0.25) is 19.6 Å². The van der Waals surface area contributed by atoms with E-state index in [2.05, 4.69) is 135 Å². The number of hydrogen-bond donors (Lipinski definition) is 0. The average molecular weight is 1360 g/mol. The lowest BCUT2D eigenvalue weighted by Gasteiger charge is -2.46. The van der Waals surface area contributed by atoms with Gasteiger partial charge in [0.1, 0.15) is 22.9 Å². The Kier molecular flexibility index (Phi) is 23.6. The van der Waals surface area contributed by atoms with Crippen LogP contribution in [0.3, 0.4) is 0 Å². The molecule has 0 saturated carbocycles. The van der Waals surface area contributed by atoms with Crippen molar-refractivity contribution >= 4 is 23.8 Å². The number of anilines is 4. The summed E-state index contributed by atoms with van der Waals surface area (Å²) in [6.45, 7) is 41.6. The maximum Gasteiger partial charge on any atom is 0.266 e. The number of piperazine rings is 2. The van der Waals surface area contributed by atoms with E-state index >= 15 is 0 Å². The number of nitrogens with zero attached hydrogens (tertiary/aromatic N) is 16. The second-order valence-electron chi connectivity index (χ2n) is 28.7. The molecule has 0 N–H and O–H groups in total. The first-order valence-electron chi connectivity index (χ1n) is 35.7. The molecule has 14 rings (SSSR count). The summed E-state index contributed by atoms with van der Waals surface area (Å²) in [5.41, 5.74) is 6.84. The van der Waals surface area contributed by atoms with Crippen LogP contribution in [0.2, 0.25) is 0 Å². The Hall–Kier alpha value is -8.19. The predicted octanol–water partition coefficient (Wildman–Crippen LogP) is 12.5. The smallest absolute Gasteiger partial charge is 0.266 e. The molecular weight excluding hydrogens is 1260 g/mol.